The molecule has 1 aliphatic rings. The maximum absolute atomic E-state index is 11.3. The SMILES string of the molecule is CC1CCN(c2nccnc2C(N)=O)CC1N. The molecule has 0 saturated carbocycles. The van der Waals surface area contributed by atoms with Gasteiger partial charge in [0.1, 0.15) is 0 Å². The summed E-state index contributed by atoms with van der Waals surface area (Å²) < 4.78 is 0. The van der Waals surface area contributed by atoms with Crippen molar-refractivity contribution in [1.82, 2.24) is 9.97 Å². The zero-order valence-electron chi connectivity index (χ0n) is 9.84. The fourth-order valence-corrected chi connectivity index (χ4v) is 2.03. The van der Waals surface area contributed by atoms with Crippen molar-refractivity contribution < 1.29 is 4.79 Å². The highest BCUT2D eigenvalue weighted by molar-refractivity contribution is 5.95. The van der Waals surface area contributed by atoms with E-state index in [1.165, 1.54) is 6.20 Å². The highest BCUT2D eigenvalue weighted by atomic mass is 16.1. The molecule has 1 aromatic heterocycles. The average Bonchev–Trinajstić information content (AvgIpc) is 2.32. The first-order chi connectivity index (χ1) is 8.09. The van der Waals surface area contributed by atoms with Gasteiger partial charge in [0.25, 0.3) is 5.91 Å². The molecule has 2 unspecified atom stereocenters. The molecular weight excluding hydrogens is 218 g/mol. The van der Waals surface area contributed by atoms with Crippen LogP contribution >= 0.6 is 0 Å². The van der Waals surface area contributed by atoms with Gasteiger partial charge in [-0.05, 0) is 12.3 Å². The summed E-state index contributed by atoms with van der Waals surface area (Å²) in [5.74, 6) is 0.475. The van der Waals surface area contributed by atoms with Crippen LogP contribution in [0, 0.1) is 5.92 Å². The largest absolute Gasteiger partial charge is 0.364 e. The van der Waals surface area contributed by atoms with E-state index in [4.69, 9.17) is 11.5 Å². The smallest absolute Gasteiger partial charge is 0.271 e. The minimum absolute atomic E-state index is 0.0893. The number of piperidine rings is 1. The Balaban J connectivity index is 2.25. The third-order valence-electron chi connectivity index (χ3n) is 3.23. The van der Waals surface area contributed by atoms with Crippen molar-refractivity contribution in [2.75, 3.05) is 18.0 Å². The summed E-state index contributed by atoms with van der Waals surface area (Å²) in [6.45, 7) is 3.64. The summed E-state index contributed by atoms with van der Waals surface area (Å²) >= 11 is 0. The molecule has 1 amide bonds. The van der Waals surface area contributed by atoms with Gasteiger partial charge in [0.15, 0.2) is 11.5 Å². The van der Waals surface area contributed by atoms with Gasteiger partial charge in [-0.3, -0.25) is 4.79 Å². The van der Waals surface area contributed by atoms with Gasteiger partial charge in [-0.15, -0.1) is 0 Å². The second-order valence-electron chi connectivity index (χ2n) is 4.47. The molecule has 1 aromatic rings. The van der Waals surface area contributed by atoms with Gasteiger partial charge in [0.2, 0.25) is 0 Å². The van der Waals surface area contributed by atoms with Crippen molar-refractivity contribution in [2.45, 2.75) is 19.4 Å². The Kier molecular flexibility index (Phi) is 3.23. The number of hydrogen-bond donors (Lipinski definition) is 2. The molecule has 0 aliphatic carbocycles. The monoisotopic (exact) mass is 235 g/mol. The highest BCUT2D eigenvalue weighted by Gasteiger charge is 2.26. The normalized spacial score (nSPS) is 24.7. The predicted octanol–water partition coefficient (Wildman–Crippen LogP) is -0.251. The molecule has 0 aromatic carbocycles. The third kappa shape index (κ3) is 2.36. The molecule has 1 fully saturated rings. The first-order valence-corrected chi connectivity index (χ1v) is 5.71. The van der Waals surface area contributed by atoms with E-state index in [1.807, 2.05) is 4.90 Å². The van der Waals surface area contributed by atoms with E-state index >= 15 is 0 Å². The Bertz CT molecular complexity index is 422. The van der Waals surface area contributed by atoms with E-state index in [1.54, 1.807) is 6.20 Å². The van der Waals surface area contributed by atoms with E-state index in [2.05, 4.69) is 16.9 Å². The van der Waals surface area contributed by atoms with Crippen molar-refractivity contribution in [3.8, 4) is 0 Å². The van der Waals surface area contributed by atoms with Crippen molar-refractivity contribution in [2.24, 2.45) is 17.4 Å². The maximum Gasteiger partial charge on any atom is 0.271 e. The lowest BCUT2D eigenvalue weighted by Gasteiger charge is -2.36. The summed E-state index contributed by atoms with van der Waals surface area (Å²) in [6.07, 6.45) is 4.01. The lowest BCUT2D eigenvalue weighted by atomic mass is 9.94. The Morgan fingerprint density at radius 1 is 1.47 bits per heavy atom. The fraction of sp³-hybridized carbons (Fsp3) is 0.545. The van der Waals surface area contributed by atoms with Crippen molar-refractivity contribution >= 4 is 11.7 Å². The van der Waals surface area contributed by atoms with Crippen LogP contribution in [-0.2, 0) is 0 Å². The van der Waals surface area contributed by atoms with E-state index in [0.29, 0.717) is 18.3 Å². The first-order valence-electron chi connectivity index (χ1n) is 5.71. The second kappa shape index (κ2) is 4.67. The lowest BCUT2D eigenvalue weighted by molar-refractivity contribution is 0.0995. The summed E-state index contributed by atoms with van der Waals surface area (Å²) in [5, 5.41) is 0. The number of nitrogens with two attached hydrogens (primary N) is 2. The quantitative estimate of drug-likeness (QED) is 0.736. The number of hydrogen-bond acceptors (Lipinski definition) is 5. The van der Waals surface area contributed by atoms with Gasteiger partial charge in [-0.25, -0.2) is 9.97 Å². The molecule has 2 heterocycles. The first kappa shape index (κ1) is 11.8. The number of aromatic nitrogens is 2. The number of anilines is 1. The van der Waals surface area contributed by atoms with Crippen molar-refractivity contribution in [3.05, 3.63) is 18.1 Å². The highest BCUT2D eigenvalue weighted by Crippen LogP contribution is 2.22. The minimum atomic E-state index is -0.555. The maximum atomic E-state index is 11.3. The second-order valence-corrected chi connectivity index (χ2v) is 4.47. The van der Waals surface area contributed by atoms with E-state index in [-0.39, 0.29) is 11.7 Å². The molecule has 2 atom stereocenters. The van der Waals surface area contributed by atoms with Gasteiger partial charge < -0.3 is 16.4 Å². The summed E-state index contributed by atoms with van der Waals surface area (Å²) in [7, 11) is 0. The van der Waals surface area contributed by atoms with Gasteiger partial charge in [0.05, 0.1) is 0 Å². The number of carbonyl (C=O) groups is 1. The Hall–Kier alpha value is -1.69. The van der Waals surface area contributed by atoms with Gasteiger partial charge >= 0.3 is 0 Å². The predicted molar refractivity (Wildman–Crippen MR) is 64.5 cm³/mol. The molecule has 6 heteroatoms. The molecule has 0 spiro atoms. The molecule has 92 valence electrons. The van der Waals surface area contributed by atoms with Crippen molar-refractivity contribution in [3.63, 3.8) is 0 Å². The topological polar surface area (TPSA) is 98.1 Å². The van der Waals surface area contributed by atoms with Crippen LogP contribution in [0.4, 0.5) is 5.82 Å². The van der Waals surface area contributed by atoms with E-state index < -0.39 is 5.91 Å². The van der Waals surface area contributed by atoms with E-state index in [0.717, 1.165) is 13.0 Å². The zero-order valence-corrected chi connectivity index (χ0v) is 9.84. The van der Waals surface area contributed by atoms with Crippen LogP contribution in [-0.4, -0.2) is 35.0 Å². The van der Waals surface area contributed by atoms with Crippen LogP contribution in [0.25, 0.3) is 0 Å². The molecule has 1 aliphatic heterocycles. The van der Waals surface area contributed by atoms with Crippen LogP contribution < -0.4 is 16.4 Å². The number of amides is 1. The Labute approximate surface area is 100 Å². The van der Waals surface area contributed by atoms with E-state index in [9.17, 15) is 4.79 Å². The minimum Gasteiger partial charge on any atom is -0.364 e. The molecule has 0 bridgehead atoms. The van der Waals surface area contributed by atoms with Crippen LogP contribution in [0.5, 0.6) is 0 Å². The Morgan fingerprint density at radius 2 is 2.18 bits per heavy atom. The van der Waals surface area contributed by atoms with Gasteiger partial charge in [0, 0.05) is 31.5 Å². The Morgan fingerprint density at radius 3 is 2.82 bits per heavy atom. The number of nitrogens with zero attached hydrogens (tertiary/aromatic N) is 3. The summed E-state index contributed by atoms with van der Waals surface area (Å²) in [4.78, 5) is 21.4. The zero-order chi connectivity index (χ0) is 12.4. The standard InChI is InChI=1S/C11H17N5O/c1-7-2-5-16(6-8(7)12)11-9(10(13)17)14-3-4-15-11/h3-4,7-8H,2,5-6,12H2,1H3,(H2,13,17). The molecule has 17 heavy (non-hydrogen) atoms. The number of primary amides is 1. The number of rotatable bonds is 2. The average molecular weight is 235 g/mol. The fourth-order valence-electron chi connectivity index (χ4n) is 2.03. The molecule has 1 saturated heterocycles. The number of carbonyl (C=O) groups excluding carboxylic acids is 1. The van der Waals surface area contributed by atoms with Crippen LogP contribution in [0.2, 0.25) is 0 Å². The van der Waals surface area contributed by atoms with Crippen LogP contribution in [0.1, 0.15) is 23.8 Å². The molecule has 0 radical (unpaired) electrons. The molecular formula is C11H17N5O. The van der Waals surface area contributed by atoms with Crippen LogP contribution in [0.3, 0.4) is 0 Å². The molecule has 6 nitrogen and oxygen atoms in total. The molecule has 2 rings (SSSR count). The van der Waals surface area contributed by atoms with Crippen LogP contribution in [0.15, 0.2) is 12.4 Å². The third-order valence-corrected chi connectivity index (χ3v) is 3.23. The summed E-state index contributed by atoms with van der Waals surface area (Å²) in [6, 6.07) is 0.0893. The summed E-state index contributed by atoms with van der Waals surface area (Å²) in [5.41, 5.74) is 11.5. The molecule has 4 N–H and O–H groups in total. The van der Waals surface area contributed by atoms with Crippen molar-refractivity contribution in [1.29, 1.82) is 0 Å². The van der Waals surface area contributed by atoms with Gasteiger partial charge in [-0.2, -0.15) is 0 Å². The van der Waals surface area contributed by atoms with Gasteiger partial charge in [-0.1, -0.05) is 6.92 Å². The lowest BCUT2D eigenvalue weighted by Crippen LogP contribution is -2.48.